The van der Waals surface area contributed by atoms with Gasteiger partial charge < -0.3 is 4.98 Å². The average molecular weight is 404 g/mol. The zero-order chi connectivity index (χ0) is 18.0. The molecule has 1 aromatic carbocycles. The van der Waals surface area contributed by atoms with Crippen molar-refractivity contribution in [1.82, 2.24) is 20.2 Å². The van der Waals surface area contributed by atoms with Crippen LogP contribution in [0.25, 0.3) is 5.69 Å². The summed E-state index contributed by atoms with van der Waals surface area (Å²) in [6.07, 6.45) is 3.22. The zero-order valence-corrected chi connectivity index (χ0v) is 15.1. The van der Waals surface area contributed by atoms with E-state index < -0.39 is 0 Å². The summed E-state index contributed by atoms with van der Waals surface area (Å²) in [7, 11) is 0. The van der Waals surface area contributed by atoms with Crippen LogP contribution in [0.1, 0.15) is 27.4 Å². The molecule has 0 aliphatic carbocycles. The second-order valence-electron chi connectivity index (χ2n) is 5.40. The van der Waals surface area contributed by atoms with Gasteiger partial charge in [0, 0.05) is 16.2 Å². The smallest absolute Gasteiger partial charge is 0.287 e. The van der Waals surface area contributed by atoms with Gasteiger partial charge in [-0.25, -0.2) is 14.5 Å². The minimum Gasteiger partial charge on any atom is -0.356 e. The third-order valence-corrected chi connectivity index (χ3v) is 4.13. The van der Waals surface area contributed by atoms with Gasteiger partial charge in [0.1, 0.15) is 11.5 Å². The Morgan fingerprint density at radius 1 is 1.36 bits per heavy atom. The van der Waals surface area contributed by atoms with E-state index in [0.717, 1.165) is 27.1 Å². The quantitative estimate of drug-likeness (QED) is 0.516. The lowest BCUT2D eigenvalue weighted by Gasteiger charge is -2.04. The van der Waals surface area contributed by atoms with Crippen LogP contribution in [0.5, 0.6) is 0 Å². The Labute approximate surface area is 151 Å². The molecule has 3 rings (SSSR count). The number of nitrogens with one attached hydrogen (secondary N) is 2. The number of carbonyl (C=O) groups excluding carboxylic acids is 1. The number of hydrogen-bond acceptors (Lipinski definition) is 3. The van der Waals surface area contributed by atoms with Gasteiger partial charge in [0.2, 0.25) is 0 Å². The maximum atomic E-state index is 13.1. The SMILES string of the molecule is Cc1nn(-c2ccc(F)cc2)c(C)c1/C=N\NC(=O)c1cc(Br)c[nH]1. The van der Waals surface area contributed by atoms with E-state index in [1.807, 2.05) is 13.8 Å². The standard InChI is InChI=1S/C17H15BrFN5O/c1-10-15(9-21-22-17(25)16-7-12(18)8-20-16)11(2)24(23-10)14-5-3-13(19)4-6-14/h3-9,20H,1-2H3,(H,22,25)/b21-9-. The lowest BCUT2D eigenvalue weighted by atomic mass is 10.2. The van der Waals surface area contributed by atoms with Crippen LogP contribution < -0.4 is 5.43 Å². The van der Waals surface area contributed by atoms with Crippen LogP contribution in [0.3, 0.4) is 0 Å². The molecule has 0 unspecified atom stereocenters. The fraction of sp³-hybridized carbons (Fsp3) is 0.118. The molecule has 2 heterocycles. The van der Waals surface area contributed by atoms with Gasteiger partial charge >= 0.3 is 0 Å². The van der Waals surface area contributed by atoms with Crippen LogP contribution in [0.2, 0.25) is 0 Å². The Morgan fingerprint density at radius 2 is 2.08 bits per heavy atom. The molecule has 0 atom stereocenters. The minimum absolute atomic E-state index is 0.300. The van der Waals surface area contributed by atoms with Gasteiger partial charge in [0.15, 0.2) is 0 Å². The van der Waals surface area contributed by atoms with Crippen LogP contribution in [0, 0.1) is 19.7 Å². The van der Waals surface area contributed by atoms with E-state index in [1.165, 1.54) is 12.1 Å². The molecule has 0 aliphatic rings. The second kappa shape index (κ2) is 7.02. The molecule has 3 aromatic rings. The summed E-state index contributed by atoms with van der Waals surface area (Å²) >= 11 is 3.27. The molecule has 0 saturated heterocycles. The summed E-state index contributed by atoms with van der Waals surface area (Å²) in [6.45, 7) is 3.73. The Morgan fingerprint density at radius 3 is 2.72 bits per heavy atom. The van der Waals surface area contributed by atoms with Gasteiger partial charge in [-0.15, -0.1) is 0 Å². The van der Waals surface area contributed by atoms with Gasteiger partial charge in [0.25, 0.3) is 5.91 Å². The van der Waals surface area contributed by atoms with Crippen molar-refractivity contribution >= 4 is 28.1 Å². The van der Waals surface area contributed by atoms with Crippen molar-refractivity contribution in [3.8, 4) is 5.69 Å². The van der Waals surface area contributed by atoms with E-state index in [1.54, 1.807) is 35.3 Å². The number of aryl methyl sites for hydroxylation is 1. The number of benzene rings is 1. The molecule has 2 N–H and O–H groups in total. The second-order valence-corrected chi connectivity index (χ2v) is 6.32. The van der Waals surface area contributed by atoms with Crippen molar-refractivity contribution in [3.63, 3.8) is 0 Å². The molecule has 25 heavy (non-hydrogen) atoms. The highest BCUT2D eigenvalue weighted by Gasteiger charge is 2.12. The Balaban J connectivity index is 1.79. The monoisotopic (exact) mass is 403 g/mol. The number of hydrogen-bond donors (Lipinski definition) is 2. The normalized spacial score (nSPS) is 11.2. The topological polar surface area (TPSA) is 75.1 Å². The number of nitrogens with zero attached hydrogens (tertiary/aromatic N) is 3. The number of amides is 1. The molecule has 8 heteroatoms. The fourth-order valence-electron chi connectivity index (χ4n) is 2.39. The lowest BCUT2D eigenvalue weighted by molar-refractivity contribution is 0.0950. The molecule has 0 saturated carbocycles. The summed E-state index contributed by atoms with van der Waals surface area (Å²) in [6, 6.07) is 7.73. The zero-order valence-electron chi connectivity index (χ0n) is 13.5. The van der Waals surface area contributed by atoms with Crippen molar-refractivity contribution in [2.75, 3.05) is 0 Å². The van der Waals surface area contributed by atoms with Gasteiger partial charge in [-0.3, -0.25) is 4.79 Å². The minimum atomic E-state index is -0.344. The Hall–Kier alpha value is -2.74. The van der Waals surface area contributed by atoms with E-state index >= 15 is 0 Å². The van der Waals surface area contributed by atoms with Crippen LogP contribution >= 0.6 is 15.9 Å². The molecular formula is C17H15BrFN5O. The molecule has 0 radical (unpaired) electrons. The number of carbonyl (C=O) groups is 1. The fourth-order valence-corrected chi connectivity index (χ4v) is 2.73. The summed E-state index contributed by atoms with van der Waals surface area (Å²) < 4.78 is 15.6. The Bertz CT molecular complexity index is 943. The molecule has 0 spiro atoms. The van der Waals surface area contributed by atoms with Crippen molar-refractivity contribution in [2.45, 2.75) is 13.8 Å². The van der Waals surface area contributed by atoms with Crippen LogP contribution in [0.15, 0.2) is 46.1 Å². The molecule has 128 valence electrons. The first-order chi connectivity index (χ1) is 12.0. The molecular weight excluding hydrogens is 389 g/mol. The number of hydrazone groups is 1. The molecule has 2 aromatic heterocycles. The van der Waals surface area contributed by atoms with Crippen LogP contribution in [-0.4, -0.2) is 26.9 Å². The highest BCUT2D eigenvalue weighted by Crippen LogP contribution is 2.17. The number of aromatic nitrogens is 3. The number of aromatic amines is 1. The van der Waals surface area contributed by atoms with Crippen LogP contribution in [0.4, 0.5) is 4.39 Å². The van der Waals surface area contributed by atoms with E-state index in [4.69, 9.17) is 0 Å². The summed E-state index contributed by atoms with van der Waals surface area (Å²) in [5.74, 6) is -0.645. The van der Waals surface area contributed by atoms with Crippen molar-refractivity contribution in [1.29, 1.82) is 0 Å². The largest absolute Gasteiger partial charge is 0.356 e. The maximum absolute atomic E-state index is 13.1. The predicted molar refractivity (Wildman–Crippen MR) is 96.5 cm³/mol. The Kier molecular flexibility index (Phi) is 4.80. The summed E-state index contributed by atoms with van der Waals surface area (Å²) in [5, 5.41) is 8.44. The van der Waals surface area contributed by atoms with E-state index in [2.05, 4.69) is 36.5 Å². The van der Waals surface area contributed by atoms with E-state index in [0.29, 0.717) is 5.69 Å². The third kappa shape index (κ3) is 3.69. The van der Waals surface area contributed by atoms with Gasteiger partial charge in [0.05, 0.1) is 23.3 Å². The highest BCUT2D eigenvalue weighted by molar-refractivity contribution is 9.10. The number of rotatable bonds is 4. The van der Waals surface area contributed by atoms with Gasteiger partial charge in [-0.1, -0.05) is 0 Å². The van der Waals surface area contributed by atoms with E-state index in [9.17, 15) is 9.18 Å². The first-order valence-electron chi connectivity index (χ1n) is 7.45. The van der Waals surface area contributed by atoms with Crippen molar-refractivity contribution in [2.24, 2.45) is 5.10 Å². The number of halogens is 2. The molecule has 1 amide bonds. The maximum Gasteiger partial charge on any atom is 0.287 e. The average Bonchev–Trinajstić information content (AvgIpc) is 3.14. The summed E-state index contributed by atoms with van der Waals surface area (Å²) in [4.78, 5) is 14.8. The number of H-pyrrole nitrogens is 1. The van der Waals surface area contributed by atoms with Crippen molar-refractivity contribution in [3.05, 3.63) is 69.5 Å². The summed E-state index contributed by atoms with van der Waals surface area (Å²) in [5.41, 5.74) is 6.00. The van der Waals surface area contributed by atoms with Crippen LogP contribution in [-0.2, 0) is 0 Å². The van der Waals surface area contributed by atoms with E-state index in [-0.39, 0.29) is 11.7 Å². The lowest BCUT2D eigenvalue weighted by Crippen LogP contribution is -2.18. The van der Waals surface area contributed by atoms with Crippen molar-refractivity contribution < 1.29 is 9.18 Å². The highest BCUT2D eigenvalue weighted by atomic mass is 79.9. The molecule has 0 bridgehead atoms. The van der Waals surface area contributed by atoms with Gasteiger partial charge in [-0.05, 0) is 60.1 Å². The first kappa shape index (κ1) is 17.1. The molecule has 6 nitrogen and oxygen atoms in total. The third-order valence-electron chi connectivity index (χ3n) is 3.67. The molecule has 0 aliphatic heterocycles. The van der Waals surface area contributed by atoms with Gasteiger partial charge in [-0.2, -0.15) is 10.2 Å². The predicted octanol–water partition coefficient (Wildman–Crippen LogP) is 3.48. The first-order valence-corrected chi connectivity index (χ1v) is 8.24. The molecule has 0 fully saturated rings.